The summed E-state index contributed by atoms with van der Waals surface area (Å²) in [5.41, 5.74) is 7.67. The van der Waals surface area contributed by atoms with E-state index in [4.69, 9.17) is 10.5 Å². The number of hydrogen-bond donors (Lipinski definition) is 2. The summed E-state index contributed by atoms with van der Waals surface area (Å²) >= 11 is 0. The molecule has 1 saturated heterocycles. The summed E-state index contributed by atoms with van der Waals surface area (Å²) in [6.07, 6.45) is 2.56. The smallest absolute Gasteiger partial charge is 0.340 e. The van der Waals surface area contributed by atoms with Crippen LogP contribution in [0.1, 0.15) is 30.1 Å². The SMILES string of the molecule is COC(=O)c1cccc(NCC(C)N2CCCC2)c1N. The average molecular weight is 277 g/mol. The van der Waals surface area contributed by atoms with Gasteiger partial charge in [-0.15, -0.1) is 0 Å². The molecular formula is C15H23N3O2. The molecule has 110 valence electrons. The van der Waals surface area contributed by atoms with Gasteiger partial charge in [0.15, 0.2) is 0 Å². The van der Waals surface area contributed by atoms with E-state index in [1.54, 1.807) is 6.07 Å². The molecule has 0 amide bonds. The highest BCUT2D eigenvalue weighted by atomic mass is 16.5. The van der Waals surface area contributed by atoms with Crippen molar-refractivity contribution in [2.45, 2.75) is 25.8 Å². The summed E-state index contributed by atoms with van der Waals surface area (Å²) in [4.78, 5) is 14.1. The Hall–Kier alpha value is -1.75. The third-order valence-electron chi connectivity index (χ3n) is 3.86. The monoisotopic (exact) mass is 277 g/mol. The number of rotatable bonds is 5. The molecule has 5 heteroatoms. The third-order valence-corrected chi connectivity index (χ3v) is 3.86. The first kappa shape index (κ1) is 14.7. The number of methoxy groups -OCH3 is 1. The van der Waals surface area contributed by atoms with Crippen molar-refractivity contribution in [3.8, 4) is 0 Å². The number of nitrogens with two attached hydrogens (primary N) is 1. The highest BCUT2D eigenvalue weighted by Gasteiger charge is 2.18. The molecule has 2 rings (SSSR count). The van der Waals surface area contributed by atoms with Gasteiger partial charge < -0.3 is 15.8 Å². The second-order valence-electron chi connectivity index (χ2n) is 5.23. The van der Waals surface area contributed by atoms with Gasteiger partial charge in [-0.2, -0.15) is 0 Å². The maximum Gasteiger partial charge on any atom is 0.340 e. The summed E-state index contributed by atoms with van der Waals surface area (Å²) in [5, 5.41) is 3.33. The average Bonchev–Trinajstić information content (AvgIpc) is 2.99. The molecule has 5 nitrogen and oxygen atoms in total. The third kappa shape index (κ3) is 3.22. The second kappa shape index (κ2) is 6.61. The van der Waals surface area contributed by atoms with Crippen molar-refractivity contribution < 1.29 is 9.53 Å². The number of hydrogen-bond acceptors (Lipinski definition) is 5. The molecule has 1 aliphatic heterocycles. The molecule has 1 aliphatic rings. The van der Waals surface area contributed by atoms with Crippen LogP contribution in [0, 0.1) is 0 Å². The van der Waals surface area contributed by atoms with E-state index in [-0.39, 0.29) is 0 Å². The van der Waals surface area contributed by atoms with Gasteiger partial charge in [0, 0.05) is 12.6 Å². The number of ether oxygens (including phenoxy) is 1. The quantitative estimate of drug-likeness (QED) is 0.636. The lowest BCUT2D eigenvalue weighted by molar-refractivity contribution is 0.0602. The first-order valence-electron chi connectivity index (χ1n) is 7.08. The Kier molecular flexibility index (Phi) is 4.84. The van der Waals surface area contributed by atoms with E-state index < -0.39 is 5.97 Å². The minimum atomic E-state index is -0.404. The molecule has 1 fully saturated rings. The molecule has 0 spiro atoms. The number of carbonyl (C=O) groups is 1. The highest BCUT2D eigenvalue weighted by molar-refractivity contribution is 5.98. The lowest BCUT2D eigenvalue weighted by atomic mass is 10.1. The van der Waals surface area contributed by atoms with E-state index >= 15 is 0 Å². The molecule has 1 aromatic rings. The fourth-order valence-corrected chi connectivity index (χ4v) is 2.58. The van der Waals surface area contributed by atoms with Crippen molar-refractivity contribution in [3.63, 3.8) is 0 Å². The molecule has 0 radical (unpaired) electrons. The van der Waals surface area contributed by atoms with E-state index in [1.807, 2.05) is 12.1 Å². The number of likely N-dealkylation sites (tertiary alicyclic amines) is 1. The maximum absolute atomic E-state index is 11.6. The van der Waals surface area contributed by atoms with E-state index in [2.05, 4.69) is 17.1 Å². The standard InChI is InChI=1S/C15H23N3O2/c1-11(18-8-3-4-9-18)10-17-13-7-5-6-12(14(13)16)15(19)20-2/h5-7,11,17H,3-4,8-10,16H2,1-2H3. The zero-order valence-corrected chi connectivity index (χ0v) is 12.2. The van der Waals surface area contributed by atoms with Crippen LogP contribution in [0.25, 0.3) is 0 Å². The molecule has 1 unspecified atom stereocenters. The van der Waals surface area contributed by atoms with Crippen LogP contribution in [0.5, 0.6) is 0 Å². The number of anilines is 2. The summed E-state index contributed by atoms with van der Waals surface area (Å²) in [5.74, 6) is -0.404. The highest BCUT2D eigenvalue weighted by Crippen LogP contribution is 2.23. The van der Waals surface area contributed by atoms with Crippen LogP contribution in [0.4, 0.5) is 11.4 Å². The molecular weight excluding hydrogens is 254 g/mol. The van der Waals surface area contributed by atoms with E-state index in [9.17, 15) is 4.79 Å². The normalized spacial score (nSPS) is 16.9. The molecule has 1 aromatic carbocycles. The zero-order valence-electron chi connectivity index (χ0n) is 12.2. The number of carbonyl (C=O) groups excluding carboxylic acids is 1. The Bertz CT molecular complexity index is 470. The first-order chi connectivity index (χ1) is 9.63. The lowest BCUT2D eigenvalue weighted by Crippen LogP contribution is -2.35. The van der Waals surface area contributed by atoms with Crippen molar-refractivity contribution in [2.75, 3.05) is 37.8 Å². The van der Waals surface area contributed by atoms with Gasteiger partial charge in [0.25, 0.3) is 0 Å². The predicted molar refractivity (Wildman–Crippen MR) is 81.0 cm³/mol. The van der Waals surface area contributed by atoms with E-state index in [0.29, 0.717) is 17.3 Å². The Labute approximate surface area is 120 Å². The van der Waals surface area contributed by atoms with Gasteiger partial charge in [-0.05, 0) is 45.0 Å². The van der Waals surface area contributed by atoms with Gasteiger partial charge in [-0.25, -0.2) is 4.79 Å². The van der Waals surface area contributed by atoms with Crippen molar-refractivity contribution in [2.24, 2.45) is 0 Å². The van der Waals surface area contributed by atoms with Crippen LogP contribution >= 0.6 is 0 Å². The largest absolute Gasteiger partial charge is 0.465 e. The molecule has 0 aromatic heterocycles. The van der Waals surface area contributed by atoms with Gasteiger partial charge in [-0.3, -0.25) is 4.90 Å². The summed E-state index contributed by atoms with van der Waals surface area (Å²) in [6, 6.07) is 5.83. The van der Waals surface area contributed by atoms with Gasteiger partial charge >= 0.3 is 5.97 Å². The Morgan fingerprint density at radius 2 is 2.15 bits per heavy atom. The first-order valence-corrected chi connectivity index (χ1v) is 7.08. The van der Waals surface area contributed by atoms with Crippen LogP contribution in [-0.4, -0.2) is 43.7 Å². The number of nitrogen functional groups attached to an aromatic ring is 1. The Morgan fingerprint density at radius 3 is 2.80 bits per heavy atom. The summed E-state index contributed by atoms with van der Waals surface area (Å²) < 4.78 is 4.72. The van der Waals surface area contributed by atoms with Crippen LogP contribution < -0.4 is 11.1 Å². The minimum absolute atomic E-state index is 0.404. The van der Waals surface area contributed by atoms with Crippen LogP contribution in [0.15, 0.2) is 18.2 Å². The van der Waals surface area contributed by atoms with Gasteiger partial charge in [-0.1, -0.05) is 6.07 Å². The Morgan fingerprint density at radius 1 is 1.45 bits per heavy atom. The van der Waals surface area contributed by atoms with E-state index in [0.717, 1.165) is 12.2 Å². The molecule has 20 heavy (non-hydrogen) atoms. The fraction of sp³-hybridized carbons (Fsp3) is 0.533. The number of esters is 1. The van der Waals surface area contributed by atoms with E-state index in [1.165, 1.54) is 33.0 Å². The topological polar surface area (TPSA) is 67.6 Å². The number of para-hydroxylation sites is 1. The molecule has 0 bridgehead atoms. The molecule has 0 saturated carbocycles. The van der Waals surface area contributed by atoms with Gasteiger partial charge in [0.05, 0.1) is 24.0 Å². The fourth-order valence-electron chi connectivity index (χ4n) is 2.58. The maximum atomic E-state index is 11.6. The number of nitrogens with zero attached hydrogens (tertiary/aromatic N) is 1. The summed E-state index contributed by atoms with van der Waals surface area (Å²) in [7, 11) is 1.36. The second-order valence-corrected chi connectivity index (χ2v) is 5.23. The van der Waals surface area contributed by atoms with Crippen molar-refractivity contribution in [1.29, 1.82) is 0 Å². The lowest BCUT2D eigenvalue weighted by Gasteiger charge is -2.24. The number of benzene rings is 1. The van der Waals surface area contributed by atoms with Crippen LogP contribution in [0.3, 0.4) is 0 Å². The number of nitrogens with one attached hydrogen (secondary N) is 1. The van der Waals surface area contributed by atoms with Gasteiger partial charge in [0.2, 0.25) is 0 Å². The van der Waals surface area contributed by atoms with Gasteiger partial charge in [0.1, 0.15) is 0 Å². The Balaban J connectivity index is 2.00. The van der Waals surface area contributed by atoms with Crippen molar-refractivity contribution >= 4 is 17.3 Å². The molecule has 1 heterocycles. The predicted octanol–water partition coefficient (Wildman–Crippen LogP) is 1.95. The van der Waals surface area contributed by atoms with Crippen molar-refractivity contribution in [1.82, 2.24) is 4.90 Å². The summed E-state index contributed by atoms with van der Waals surface area (Å²) in [6.45, 7) is 5.36. The van der Waals surface area contributed by atoms with Crippen LogP contribution in [-0.2, 0) is 4.74 Å². The molecule has 1 atom stereocenters. The molecule has 0 aliphatic carbocycles. The van der Waals surface area contributed by atoms with Crippen molar-refractivity contribution in [3.05, 3.63) is 23.8 Å². The molecule has 3 N–H and O–H groups in total. The zero-order chi connectivity index (χ0) is 14.5. The minimum Gasteiger partial charge on any atom is -0.465 e. The van der Waals surface area contributed by atoms with Crippen LogP contribution in [0.2, 0.25) is 0 Å².